The fourth-order valence-corrected chi connectivity index (χ4v) is 2.04. The van der Waals surface area contributed by atoms with Crippen molar-refractivity contribution in [3.63, 3.8) is 0 Å². The quantitative estimate of drug-likeness (QED) is 0.552. The lowest BCUT2D eigenvalue weighted by Gasteiger charge is -2.34. The van der Waals surface area contributed by atoms with E-state index in [1.54, 1.807) is 0 Å². The highest BCUT2D eigenvalue weighted by atomic mass is 16.6. The summed E-state index contributed by atoms with van der Waals surface area (Å²) in [6.07, 6.45) is 3.22. The number of rotatable bonds is 7. The zero-order chi connectivity index (χ0) is 13.5. The number of carbonyl (C=O) groups is 2. The summed E-state index contributed by atoms with van der Waals surface area (Å²) in [6, 6.07) is 0. The van der Waals surface area contributed by atoms with Crippen molar-refractivity contribution in [1.29, 1.82) is 0 Å². The molecule has 1 amide bonds. The molecule has 2 unspecified atom stereocenters. The van der Waals surface area contributed by atoms with Gasteiger partial charge in [0, 0.05) is 5.92 Å². The standard InChI is InChI=1S/C13H25NO3/c1-5-6-7-8-10(13(2,3)4)11(9-15)17-12(14)16/h9-11H,5-8H2,1-4H3,(H2,14,16). The normalized spacial score (nSPS) is 15.1. The molecule has 0 saturated heterocycles. The number of aldehydes is 1. The lowest BCUT2D eigenvalue weighted by atomic mass is 9.74. The van der Waals surface area contributed by atoms with E-state index in [0.29, 0.717) is 6.29 Å². The van der Waals surface area contributed by atoms with Gasteiger partial charge in [-0.2, -0.15) is 0 Å². The molecular weight excluding hydrogens is 218 g/mol. The first-order valence-electron chi connectivity index (χ1n) is 6.24. The fraction of sp³-hybridized carbons (Fsp3) is 0.846. The monoisotopic (exact) mass is 243 g/mol. The highest BCUT2D eigenvalue weighted by Gasteiger charge is 2.33. The summed E-state index contributed by atoms with van der Waals surface area (Å²) in [5.41, 5.74) is 4.90. The second kappa shape index (κ2) is 7.30. The molecule has 4 nitrogen and oxygen atoms in total. The highest BCUT2D eigenvalue weighted by Crippen LogP contribution is 2.33. The van der Waals surface area contributed by atoms with Crippen LogP contribution in [-0.2, 0) is 9.53 Å². The van der Waals surface area contributed by atoms with Crippen LogP contribution in [-0.4, -0.2) is 18.5 Å². The number of nitrogens with two attached hydrogens (primary N) is 1. The molecule has 17 heavy (non-hydrogen) atoms. The summed E-state index contributed by atoms with van der Waals surface area (Å²) in [5, 5.41) is 0. The Balaban J connectivity index is 4.63. The maximum atomic E-state index is 11.0. The summed E-state index contributed by atoms with van der Waals surface area (Å²) in [4.78, 5) is 21.8. The molecule has 0 aliphatic rings. The van der Waals surface area contributed by atoms with Crippen molar-refractivity contribution in [3.05, 3.63) is 0 Å². The van der Waals surface area contributed by atoms with Gasteiger partial charge in [-0.3, -0.25) is 4.79 Å². The number of ether oxygens (including phenoxy) is 1. The Hall–Kier alpha value is -1.06. The number of carbonyl (C=O) groups excluding carboxylic acids is 2. The average Bonchev–Trinajstić information content (AvgIpc) is 2.19. The van der Waals surface area contributed by atoms with Gasteiger partial charge in [0.25, 0.3) is 0 Å². The van der Waals surface area contributed by atoms with E-state index in [-0.39, 0.29) is 11.3 Å². The first kappa shape index (κ1) is 15.9. The van der Waals surface area contributed by atoms with Crippen LogP contribution in [0.3, 0.4) is 0 Å². The molecule has 0 aliphatic carbocycles. The van der Waals surface area contributed by atoms with Gasteiger partial charge in [0.2, 0.25) is 0 Å². The molecule has 0 aromatic rings. The van der Waals surface area contributed by atoms with Gasteiger partial charge in [-0.25, -0.2) is 4.79 Å². The number of primary amides is 1. The van der Waals surface area contributed by atoms with Crippen LogP contribution in [0.2, 0.25) is 0 Å². The minimum Gasteiger partial charge on any atom is -0.438 e. The van der Waals surface area contributed by atoms with Gasteiger partial charge in [0.05, 0.1) is 0 Å². The molecular formula is C13H25NO3. The molecule has 0 rings (SSSR count). The predicted octanol–water partition coefficient (Wildman–Crippen LogP) is 2.89. The van der Waals surface area contributed by atoms with Gasteiger partial charge in [-0.15, -0.1) is 0 Å². The maximum Gasteiger partial charge on any atom is 0.405 e. The molecule has 2 N–H and O–H groups in total. The van der Waals surface area contributed by atoms with Crippen molar-refractivity contribution >= 4 is 12.4 Å². The largest absolute Gasteiger partial charge is 0.438 e. The first-order valence-corrected chi connectivity index (χ1v) is 6.24. The van der Waals surface area contributed by atoms with Gasteiger partial charge >= 0.3 is 6.09 Å². The Morgan fingerprint density at radius 2 is 1.94 bits per heavy atom. The van der Waals surface area contributed by atoms with Crippen LogP contribution in [0.5, 0.6) is 0 Å². The zero-order valence-electron chi connectivity index (χ0n) is 11.4. The van der Waals surface area contributed by atoms with Gasteiger partial charge in [-0.05, 0) is 11.8 Å². The third-order valence-electron chi connectivity index (χ3n) is 3.01. The van der Waals surface area contributed by atoms with Crippen LogP contribution in [0.25, 0.3) is 0 Å². The third-order valence-corrected chi connectivity index (χ3v) is 3.01. The van der Waals surface area contributed by atoms with Crippen LogP contribution in [0.1, 0.15) is 53.4 Å². The van der Waals surface area contributed by atoms with Crippen LogP contribution < -0.4 is 5.73 Å². The summed E-state index contributed by atoms with van der Waals surface area (Å²) in [6.45, 7) is 8.27. The summed E-state index contributed by atoms with van der Waals surface area (Å²) in [7, 11) is 0. The molecule has 0 fully saturated rings. The minimum atomic E-state index is -0.883. The molecule has 0 radical (unpaired) electrons. The fourth-order valence-electron chi connectivity index (χ4n) is 2.04. The maximum absolute atomic E-state index is 11.0. The molecule has 0 aromatic heterocycles. The van der Waals surface area contributed by atoms with E-state index >= 15 is 0 Å². The van der Waals surface area contributed by atoms with Crippen molar-refractivity contribution in [3.8, 4) is 0 Å². The van der Waals surface area contributed by atoms with Gasteiger partial charge in [-0.1, -0.05) is 47.0 Å². The zero-order valence-corrected chi connectivity index (χ0v) is 11.4. The molecule has 0 spiro atoms. The lowest BCUT2D eigenvalue weighted by Crippen LogP contribution is -2.38. The number of hydrogen-bond acceptors (Lipinski definition) is 3. The number of hydrogen-bond donors (Lipinski definition) is 1. The minimum absolute atomic E-state index is 0.0130. The second-order valence-corrected chi connectivity index (χ2v) is 5.51. The Labute approximate surface area is 104 Å². The van der Waals surface area contributed by atoms with Crippen LogP contribution >= 0.6 is 0 Å². The van der Waals surface area contributed by atoms with Crippen molar-refractivity contribution in [2.75, 3.05) is 0 Å². The molecule has 0 saturated carbocycles. The molecule has 0 aliphatic heterocycles. The van der Waals surface area contributed by atoms with E-state index in [0.717, 1.165) is 25.7 Å². The van der Waals surface area contributed by atoms with E-state index in [2.05, 4.69) is 6.92 Å². The van der Waals surface area contributed by atoms with Crippen LogP contribution in [0.4, 0.5) is 4.79 Å². The van der Waals surface area contributed by atoms with Gasteiger partial charge in [0.15, 0.2) is 12.4 Å². The van der Waals surface area contributed by atoms with Crippen LogP contribution in [0, 0.1) is 11.3 Å². The van der Waals surface area contributed by atoms with Crippen molar-refractivity contribution in [2.45, 2.75) is 59.5 Å². The molecule has 2 atom stereocenters. The van der Waals surface area contributed by atoms with Crippen molar-refractivity contribution in [2.24, 2.45) is 17.1 Å². The number of amides is 1. The highest BCUT2D eigenvalue weighted by molar-refractivity contribution is 5.69. The van der Waals surface area contributed by atoms with Crippen molar-refractivity contribution < 1.29 is 14.3 Å². The van der Waals surface area contributed by atoms with Crippen LogP contribution in [0.15, 0.2) is 0 Å². The number of unbranched alkanes of at least 4 members (excludes halogenated alkanes) is 2. The third kappa shape index (κ3) is 6.29. The first-order chi connectivity index (χ1) is 7.82. The Kier molecular flexibility index (Phi) is 6.85. The molecule has 0 heterocycles. The summed E-state index contributed by atoms with van der Waals surface area (Å²) >= 11 is 0. The molecule has 100 valence electrons. The van der Waals surface area contributed by atoms with E-state index in [4.69, 9.17) is 10.5 Å². The average molecular weight is 243 g/mol. The second-order valence-electron chi connectivity index (χ2n) is 5.51. The topological polar surface area (TPSA) is 69.4 Å². The van der Waals surface area contributed by atoms with E-state index in [1.165, 1.54) is 0 Å². The molecule has 4 heteroatoms. The Bertz CT molecular complexity index is 246. The summed E-state index contributed by atoms with van der Waals surface area (Å²) < 4.78 is 4.89. The van der Waals surface area contributed by atoms with Crippen molar-refractivity contribution in [1.82, 2.24) is 0 Å². The van der Waals surface area contributed by atoms with E-state index < -0.39 is 12.2 Å². The van der Waals surface area contributed by atoms with Gasteiger partial charge in [0.1, 0.15) is 0 Å². The molecule has 0 bridgehead atoms. The Morgan fingerprint density at radius 3 is 2.29 bits per heavy atom. The van der Waals surface area contributed by atoms with E-state index in [1.807, 2.05) is 20.8 Å². The summed E-state index contributed by atoms with van der Waals surface area (Å²) in [5.74, 6) is 0.0130. The smallest absolute Gasteiger partial charge is 0.405 e. The van der Waals surface area contributed by atoms with Gasteiger partial charge < -0.3 is 10.5 Å². The molecule has 0 aromatic carbocycles. The lowest BCUT2D eigenvalue weighted by molar-refractivity contribution is -0.120. The Morgan fingerprint density at radius 1 is 1.35 bits per heavy atom. The van der Waals surface area contributed by atoms with E-state index in [9.17, 15) is 9.59 Å². The predicted molar refractivity (Wildman–Crippen MR) is 67.6 cm³/mol. The SMILES string of the molecule is CCCCCC(C(C=O)OC(N)=O)C(C)(C)C.